The molecule has 1 aliphatic carbocycles. The maximum atomic E-state index is 13.7. The molecule has 0 atom stereocenters. The van der Waals surface area contributed by atoms with Crippen molar-refractivity contribution >= 4 is 15.9 Å². The maximum Gasteiger partial charge on any atom is 0.316 e. The van der Waals surface area contributed by atoms with Crippen molar-refractivity contribution in [3.63, 3.8) is 0 Å². The van der Waals surface area contributed by atoms with E-state index in [4.69, 9.17) is 4.74 Å². The minimum atomic E-state index is -3.50. The van der Waals surface area contributed by atoms with Gasteiger partial charge in [0.1, 0.15) is 11.5 Å². The molecule has 31 heavy (non-hydrogen) atoms. The van der Waals surface area contributed by atoms with E-state index in [2.05, 4.69) is 9.82 Å². The Kier molecular flexibility index (Phi) is 6.26. The third-order valence-electron chi connectivity index (χ3n) is 5.73. The highest BCUT2D eigenvalue weighted by Crippen LogP contribution is 2.30. The van der Waals surface area contributed by atoms with Gasteiger partial charge in [-0.1, -0.05) is 6.07 Å². The average molecular weight is 452 g/mol. The number of piperazine rings is 1. The van der Waals surface area contributed by atoms with Crippen LogP contribution < -0.4 is 19.9 Å². The Bertz CT molecular complexity index is 1090. The molecule has 1 saturated carbocycles. The van der Waals surface area contributed by atoms with Gasteiger partial charge in [0, 0.05) is 33.2 Å². The molecule has 0 amide bonds. The SMILES string of the molecule is CNS(=O)(=O)N1CCN(c2cnn(-c3cccc(F)c3)c(=O)c2OC2CCCC2)CC1. The van der Waals surface area contributed by atoms with Crippen LogP contribution in [0.15, 0.2) is 35.3 Å². The predicted octanol–water partition coefficient (Wildman–Crippen LogP) is 1.28. The fourth-order valence-corrected chi connectivity index (χ4v) is 4.93. The molecule has 1 aromatic heterocycles. The molecule has 2 aliphatic rings. The lowest BCUT2D eigenvalue weighted by molar-refractivity contribution is 0.205. The predicted molar refractivity (Wildman–Crippen MR) is 114 cm³/mol. The second kappa shape index (κ2) is 8.93. The number of benzene rings is 1. The number of nitrogens with zero attached hydrogens (tertiary/aromatic N) is 4. The highest BCUT2D eigenvalue weighted by atomic mass is 32.2. The van der Waals surface area contributed by atoms with Crippen molar-refractivity contribution in [2.24, 2.45) is 0 Å². The number of halogens is 1. The summed E-state index contributed by atoms with van der Waals surface area (Å²) in [6, 6.07) is 5.68. The summed E-state index contributed by atoms with van der Waals surface area (Å²) in [5, 5.41) is 4.26. The van der Waals surface area contributed by atoms with E-state index in [-0.39, 0.29) is 24.9 Å². The van der Waals surface area contributed by atoms with Crippen LogP contribution in [0.2, 0.25) is 0 Å². The first-order chi connectivity index (χ1) is 14.9. The van der Waals surface area contributed by atoms with Crippen LogP contribution >= 0.6 is 0 Å². The molecule has 1 aliphatic heterocycles. The summed E-state index contributed by atoms with van der Waals surface area (Å²) in [6.45, 7) is 1.35. The number of anilines is 1. The standard InChI is InChI=1S/C20H26FN5O4S/c1-22-31(28,29)25-11-9-24(10-12-25)18-14-23-26(16-6-4-5-15(21)13-16)20(27)19(18)30-17-7-2-3-8-17/h4-6,13-14,17,22H,2-3,7-12H2,1H3. The smallest absolute Gasteiger partial charge is 0.316 e. The molecule has 2 fully saturated rings. The number of ether oxygens (including phenoxy) is 1. The van der Waals surface area contributed by atoms with Gasteiger partial charge in [0.15, 0.2) is 0 Å². The van der Waals surface area contributed by atoms with Crippen LogP contribution in [0, 0.1) is 5.82 Å². The molecule has 0 bridgehead atoms. The largest absolute Gasteiger partial charge is 0.483 e. The van der Waals surface area contributed by atoms with Crippen LogP contribution in [0.5, 0.6) is 5.75 Å². The first-order valence-corrected chi connectivity index (χ1v) is 11.8. The van der Waals surface area contributed by atoms with Crippen molar-refractivity contribution < 1.29 is 17.5 Å². The van der Waals surface area contributed by atoms with E-state index >= 15 is 0 Å². The van der Waals surface area contributed by atoms with Gasteiger partial charge in [0.25, 0.3) is 10.2 Å². The van der Waals surface area contributed by atoms with Crippen LogP contribution in [-0.2, 0) is 10.2 Å². The fraction of sp³-hybridized carbons (Fsp3) is 0.500. The molecular weight excluding hydrogens is 425 g/mol. The van der Waals surface area contributed by atoms with Crippen LogP contribution in [0.25, 0.3) is 5.69 Å². The molecule has 9 nitrogen and oxygen atoms in total. The monoisotopic (exact) mass is 451 g/mol. The summed E-state index contributed by atoms with van der Waals surface area (Å²) in [7, 11) is -2.12. The zero-order valence-corrected chi connectivity index (χ0v) is 18.1. The van der Waals surface area contributed by atoms with Gasteiger partial charge in [-0.2, -0.15) is 22.5 Å². The van der Waals surface area contributed by atoms with Crippen molar-refractivity contribution in [2.45, 2.75) is 31.8 Å². The van der Waals surface area contributed by atoms with E-state index < -0.39 is 21.6 Å². The van der Waals surface area contributed by atoms with E-state index in [1.165, 1.54) is 29.6 Å². The first-order valence-electron chi connectivity index (χ1n) is 10.4. The second-order valence-electron chi connectivity index (χ2n) is 7.68. The van der Waals surface area contributed by atoms with Gasteiger partial charge in [-0.3, -0.25) is 4.79 Å². The second-order valence-corrected chi connectivity index (χ2v) is 9.55. The molecule has 1 N–H and O–H groups in total. The van der Waals surface area contributed by atoms with Crippen LogP contribution in [-0.4, -0.2) is 61.8 Å². The van der Waals surface area contributed by atoms with Crippen molar-refractivity contribution in [1.82, 2.24) is 18.8 Å². The number of hydrogen-bond donors (Lipinski definition) is 1. The highest BCUT2D eigenvalue weighted by molar-refractivity contribution is 7.87. The lowest BCUT2D eigenvalue weighted by Gasteiger charge is -2.35. The molecule has 0 radical (unpaired) electrons. The Balaban J connectivity index is 1.67. The van der Waals surface area contributed by atoms with Gasteiger partial charge in [0.05, 0.1) is 18.0 Å². The number of aromatic nitrogens is 2. The van der Waals surface area contributed by atoms with Gasteiger partial charge < -0.3 is 9.64 Å². The van der Waals surface area contributed by atoms with Gasteiger partial charge >= 0.3 is 5.56 Å². The molecule has 2 heterocycles. The van der Waals surface area contributed by atoms with E-state index in [0.29, 0.717) is 24.5 Å². The molecular formula is C20H26FN5O4S. The van der Waals surface area contributed by atoms with Crippen LogP contribution in [0.4, 0.5) is 10.1 Å². The summed E-state index contributed by atoms with van der Waals surface area (Å²) in [4.78, 5) is 15.2. The van der Waals surface area contributed by atoms with E-state index in [1.54, 1.807) is 12.3 Å². The number of rotatable bonds is 6. The van der Waals surface area contributed by atoms with E-state index in [0.717, 1.165) is 30.4 Å². The maximum absolute atomic E-state index is 13.7. The van der Waals surface area contributed by atoms with Crippen LogP contribution in [0.3, 0.4) is 0 Å². The molecule has 1 aromatic carbocycles. The Morgan fingerprint density at radius 3 is 2.52 bits per heavy atom. The fourth-order valence-electron chi connectivity index (χ4n) is 4.03. The third kappa shape index (κ3) is 4.58. The molecule has 0 unspecified atom stereocenters. The summed E-state index contributed by atoms with van der Waals surface area (Å²) in [6.07, 6.45) is 5.32. The quantitative estimate of drug-likeness (QED) is 0.711. The third-order valence-corrected chi connectivity index (χ3v) is 7.29. The molecule has 2 aromatic rings. The van der Waals surface area contributed by atoms with Crippen molar-refractivity contribution in [3.8, 4) is 11.4 Å². The molecule has 0 spiro atoms. The summed E-state index contributed by atoms with van der Waals surface area (Å²) < 4.78 is 48.8. The normalized spacial score (nSPS) is 18.5. The Labute approximate surface area is 180 Å². The first kappa shape index (κ1) is 21.7. The number of hydrogen-bond acceptors (Lipinski definition) is 6. The zero-order chi connectivity index (χ0) is 22.0. The molecule has 168 valence electrons. The van der Waals surface area contributed by atoms with Gasteiger partial charge in [-0.05, 0) is 43.9 Å². The van der Waals surface area contributed by atoms with Gasteiger partial charge in [-0.25, -0.2) is 9.11 Å². The van der Waals surface area contributed by atoms with E-state index in [9.17, 15) is 17.6 Å². The summed E-state index contributed by atoms with van der Waals surface area (Å²) in [5.74, 6) is -0.286. The lowest BCUT2D eigenvalue weighted by atomic mass is 10.2. The summed E-state index contributed by atoms with van der Waals surface area (Å²) in [5.41, 5.74) is 0.393. The van der Waals surface area contributed by atoms with Crippen molar-refractivity contribution in [3.05, 3.63) is 46.6 Å². The average Bonchev–Trinajstić information content (AvgIpc) is 3.28. The Hall–Kier alpha value is -2.50. The van der Waals surface area contributed by atoms with E-state index in [1.807, 2.05) is 4.90 Å². The lowest BCUT2D eigenvalue weighted by Crippen LogP contribution is -2.51. The minimum Gasteiger partial charge on any atom is -0.483 e. The minimum absolute atomic E-state index is 0.0548. The molecule has 4 rings (SSSR count). The zero-order valence-electron chi connectivity index (χ0n) is 17.3. The van der Waals surface area contributed by atoms with Gasteiger partial charge in [0.2, 0.25) is 5.75 Å². The molecule has 1 saturated heterocycles. The Morgan fingerprint density at radius 2 is 1.87 bits per heavy atom. The highest BCUT2D eigenvalue weighted by Gasteiger charge is 2.29. The van der Waals surface area contributed by atoms with Crippen LogP contribution in [0.1, 0.15) is 25.7 Å². The van der Waals surface area contributed by atoms with Crippen molar-refractivity contribution in [1.29, 1.82) is 0 Å². The topological polar surface area (TPSA) is 96.8 Å². The van der Waals surface area contributed by atoms with Crippen molar-refractivity contribution in [2.75, 3.05) is 38.1 Å². The summed E-state index contributed by atoms with van der Waals surface area (Å²) >= 11 is 0. The van der Waals surface area contributed by atoms with Gasteiger partial charge in [-0.15, -0.1) is 0 Å². The molecule has 11 heteroatoms. The Morgan fingerprint density at radius 1 is 1.16 bits per heavy atom. The number of nitrogens with one attached hydrogen (secondary N) is 1.